The van der Waals surface area contributed by atoms with Crippen LogP contribution < -0.4 is 16.8 Å². The summed E-state index contributed by atoms with van der Waals surface area (Å²) in [7, 11) is 0. The maximum Gasteiger partial charge on any atom is 0.408 e. The van der Waals surface area contributed by atoms with Crippen LogP contribution in [-0.4, -0.2) is 61.9 Å². The van der Waals surface area contributed by atoms with Crippen molar-refractivity contribution < 1.29 is 38.1 Å². The van der Waals surface area contributed by atoms with Gasteiger partial charge in [0.2, 0.25) is 0 Å². The smallest absolute Gasteiger partial charge is 0.408 e. The molecule has 12 heteroatoms. The Morgan fingerprint density at radius 3 is 1.84 bits per heavy atom. The summed E-state index contributed by atoms with van der Waals surface area (Å²) < 4.78 is 21.8. The number of guanidine groups is 1. The number of esters is 3. The van der Waals surface area contributed by atoms with E-state index in [9.17, 15) is 19.2 Å². The summed E-state index contributed by atoms with van der Waals surface area (Å²) >= 11 is 0. The predicted molar refractivity (Wildman–Crippen MR) is 190 cm³/mol. The minimum absolute atomic E-state index is 0.0173. The number of carbonyl (C=O) groups excluding carboxylic acids is 4. The summed E-state index contributed by atoms with van der Waals surface area (Å²) in [6.45, 7) is 4.01. The van der Waals surface area contributed by atoms with Crippen LogP contribution in [0.25, 0.3) is 0 Å². The summed E-state index contributed by atoms with van der Waals surface area (Å²) in [4.78, 5) is 54.8. The van der Waals surface area contributed by atoms with E-state index in [4.69, 9.17) is 30.4 Å². The van der Waals surface area contributed by atoms with Gasteiger partial charge in [-0.3, -0.25) is 14.6 Å². The van der Waals surface area contributed by atoms with Gasteiger partial charge in [0.25, 0.3) is 0 Å². The molecule has 0 aliphatic heterocycles. The zero-order valence-electron chi connectivity index (χ0n) is 30.0. The average Bonchev–Trinajstić information content (AvgIpc) is 3.09. The molecule has 1 aromatic rings. The average molecular weight is 691 g/mol. The third-order valence-electron chi connectivity index (χ3n) is 7.84. The molecule has 0 aromatic heterocycles. The molecule has 5 N–H and O–H groups in total. The minimum Gasteiger partial charge on any atom is -0.462 e. The first-order chi connectivity index (χ1) is 23.7. The molecule has 49 heavy (non-hydrogen) atoms. The lowest BCUT2D eigenvalue weighted by Gasteiger charge is -2.21. The van der Waals surface area contributed by atoms with Crippen molar-refractivity contribution >= 4 is 30.0 Å². The Labute approximate surface area is 293 Å². The third-order valence-corrected chi connectivity index (χ3v) is 7.84. The summed E-state index contributed by atoms with van der Waals surface area (Å²) in [6, 6.07) is 8.04. The molecule has 0 unspecified atom stereocenters. The van der Waals surface area contributed by atoms with Crippen molar-refractivity contribution in [1.82, 2.24) is 5.32 Å². The van der Waals surface area contributed by atoms with Crippen LogP contribution in [0.5, 0.6) is 0 Å². The fourth-order valence-corrected chi connectivity index (χ4v) is 5.01. The molecular formula is C37H62N4O8. The number of rotatable bonds is 29. The van der Waals surface area contributed by atoms with Crippen LogP contribution in [0.4, 0.5) is 4.79 Å². The van der Waals surface area contributed by atoms with Gasteiger partial charge in [0, 0.05) is 19.4 Å². The van der Waals surface area contributed by atoms with E-state index in [2.05, 4.69) is 24.2 Å². The molecule has 278 valence electrons. The van der Waals surface area contributed by atoms with Gasteiger partial charge in [-0.15, -0.1) is 0 Å². The fraction of sp³-hybridized carbons (Fsp3) is 0.703. The number of hydrogen-bond donors (Lipinski definition) is 3. The van der Waals surface area contributed by atoms with E-state index in [-0.39, 0.29) is 51.6 Å². The van der Waals surface area contributed by atoms with Crippen LogP contribution in [0.15, 0.2) is 35.3 Å². The molecule has 0 bridgehead atoms. The Kier molecular flexibility index (Phi) is 25.7. The van der Waals surface area contributed by atoms with E-state index < -0.39 is 36.1 Å². The molecular weight excluding hydrogens is 628 g/mol. The van der Waals surface area contributed by atoms with Crippen molar-refractivity contribution in [2.24, 2.45) is 16.5 Å². The van der Waals surface area contributed by atoms with Gasteiger partial charge >= 0.3 is 24.0 Å². The predicted octanol–water partition coefficient (Wildman–Crippen LogP) is 6.61. The van der Waals surface area contributed by atoms with Crippen LogP contribution in [0.1, 0.15) is 135 Å². The number of unbranched alkanes of at least 4 members (excludes halogenated alkanes) is 12. The molecule has 1 aromatic carbocycles. The van der Waals surface area contributed by atoms with Gasteiger partial charge in [-0.25, -0.2) is 9.59 Å². The van der Waals surface area contributed by atoms with Gasteiger partial charge in [0.05, 0.1) is 0 Å². The van der Waals surface area contributed by atoms with Gasteiger partial charge in [0.1, 0.15) is 25.9 Å². The molecule has 0 aliphatic carbocycles. The molecule has 0 heterocycles. The number of benzene rings is 1. The van der Waals surface area contributed by atoms with Gasteiger partial charge in [-0.2, -0.15) is 0 Å². The van der Waals surface area contributed by atoms with Crippen LogP contribution in [0.3, 0.4) is 0 Å². The number of alkyl carbamates (subject to hydrolysis) is 1. The minimum atomic E-state index is -1.08. The number of ether oxygens (including phenoxy) is 4. The molecule has 0 radical (unpaired) electrons. The number of nitrogens with zero attached hydrogens (tertiary/aromatic N) is 1. The van der Waals surface area contributed by atoms with Gasteiger partial charge < -0.3 is 35.7 Å². The second-order valence-electron chi connectivity index (χ2n) is 12.4. The first-order valence-corrected chi connectivity index (χ1v) is 18.3. The summed E-state index contributed by atoms with van der Waals surface area (Å²) in [5.41, 5.74) is 11.6. The van der Waals surface area contributed by atoms with Gasteiger partial charge in [-0.05, 0) is 31.2 Å². The Balaban J connectivity index is 2.74. The number of amides is 1. The topological polar surface area (TPSA) is 182 Å². The van der Waals surface area contributed by atoms with E-state index in [0.717, 1.165) is 50.5 Å². The Morgan fingerprint density at radius 1 is 0.694 bits per heavy atom. The van der Waals surface area contributed by atoms with Crippen molar-refractivity contribution in [3.63, 3.8) is 0 Å². The first-order valence-electron chi connectivity index (χ1n) is 18.3. The highest BCUT2D eigenvalue weighted by atomic mass is 16.6. The maximum absolute atomic E-state index is 13.2. The lowest BCUT2D eigenvalue weighted by atomic mass is 10.1. The molecule has 1 amide bonds. The number of nitrogens with one attached hydrogen (secondary N) is 1. The Bertz CT molecular complexity index is 1070. The van der Waals surface area contributed by atoms with E-state index in [1.807, 2.05) is 30.3 Å². The molecule has 2 atom stereocenters. The van der Waals surface area contributed by atoms with Crippen LogP contribution in [0, 0.1) is 0 Å². The van der Waals surface area contributed by atoms with Crippen LogP contribution >= 0.6 is 0 Å². The fourth-order valence-electron chi connectivity index (χ4n) is 5.01. The number of aliphatic imine (C=N–C) groups is 1. The van der Waals surface area contributed by atoms with Crippen molar-refractivity contribution in [1.29, 1.82) is 0 Å². The zero-order valence-corrected chi connectivity index (χ0v) is 30.0. The van der Waals surface area contributed by atoms with Crippen LogP contribution in [0.2, 0.25) is 0 Å². The monoisotopic (exact) mass is 690 g/mol. The van der Waals surface area contributed by atoms with E-state index in [1.54, 1.807) is 0 Å². The van der Waals surface area contributed by atoms with Crippen molar-refractivity contribution in [2.45, 2.75) is 148 Å². The lowest BCUT2D eigenvalue weighted by Crippen LogP contribution is -2.43. The lowest BCUT2D eigenvalue weighted by molar-refractivity contribution is -0.167. The molecule has 0 saturated heterocycles. The van der Waals surface area contributed by atoms with Crippen molar-refractivity contribution in [2.75, 3.05) is 19.8 Å². The highest BCUT2D eigenvalue weighted by Gasteiger charge is 2.26. The number of carbonyl (C=O) groups is 4. The van der Waals surface area contributed by atoms with Crippen molar-refractivity contribution in [3.8, 4) is 0 Å². The SMILES string of the molecule is CCCCCCCCCC(=O)OC[C@@H](COC(=O)[C@H](CCCN=C(N)N)NC(=O)OCc1ccccc1)OC(=O)CCCCCCCCC. The highest BCUT2D eigenvalue weighted by molar-refractivity contribution is 5.81. The molecule has 0 aliphatic rings. The molecule has 0 spiro atoms. The Hall–Kier alpha value is -3.83. The normalized spacial score (nSPS) is 12.0. The summed E-state index contributed by atoms with van der Waals surface area (Å²) in [5, 5.41) is 2.55. The standard InChI is InChI=1S/C37H62N4O8/c1-3-5-7-9-11-13-18-24-33(42)46-28-31(49-34(43)25-19-14-12-10-8-6-4-2)29-47-35(44)32(23-20-26-40-36(38)39)41-37(45)48-27-30-21-16-15-17-22-30/h15-17,21-22,31-32H,3-14,18-20,23-29H2,1-2H3,(H,41,45)(H4,38,39,40)/t31-,32-/m0/s1. The largest absolute Gasteiger partial charge is 0.462 e. The number of hydrogen-bond acceptors (Lipinski definition) is 9. The molecule has 12 nitrogen and oxygen atoms in total. The van der Waals surface area contributed by atoms with Crippen LogP contribution in [-0.2, 0) is 39.9 Å². The van der Waals surface area contributed by atoms with E-state index >= 15 is 0 Å². The molecule has 1 rings (SSSR count). The third kappa shape index (κ3) is 24.9. The zero-order chi connectivity index (χ0) is 36.0. The second-order valence-corrected chi connectivity index (χ2v) is 12.4. The van der Waals surface area contributed by atoms with E-state index in [0.29, 0.717) is 12.8 Å². The van der Waals surface area contributed by atoms with Crippen molar-refractivity contribution in [3.05, 3.63) is 35.9 Å². The quantitative estimate of drug-likeness (QED) is 0.0272. The maximum atomic E-state index is 13.2. The first kappa shape index (κ1) is 43.2. The van der Waals surface area contributed by atoms with E-state index in [1.165, 1.54) is 38.5 Å². The van der Waals surface area contributed by atoms with Gasteiger partial charge in [-0.1, -0.05) is 121 Å². The second kappa shape index (κ2) is 29.1. The molecule has 0 fully saturated rings. The van der Waals surface area contributed by atoms with Gasteiger partial charge in [0.15, 0.2) is 12.1 Å². The Morgan fingerprint density at radius 2 is 1.24 bits per heavy atom. The summed E-state index contributed by atoms with van der Waals surface area (Å²) in [6.07, 6.45) is 14.1. The highest BCUT2D eigenvalue weighted by Crippen LogP contribution is 2.12. The summed E-state index contributed by atoms with van der Waals surface area (Å²) in [5.74, 6) is -1.69. The molecule has 0 saturated carbocycles. The number of nitrogens with two attached hydrogens (primary N) is 2.